The van der Waals surface area contributed by atoms with Crippen molar-refractivity contribution in [3.8, 4) is 5.75 Å². The predicted octanol–water partition coefficient (Wildman–Crippen LogP) is 5.10. The van der Waals surface area contributed by atoms with Gasteiger partial charge in [-0.1, -0.05) is 54.1 Å². The minimum Gasteiger partial charge on any atom is -0.495 e. The molecule has 0 aromatic heterocycles. The predicted molar refractivity (Wildman–Crippen MR) is 130 cm³/mol. The first-order valence-corrected chi connectivity index (χ1v) is 13.0. The third-order valence-corrected chi connectivity index (χ3v) is 7.93. The SMILES string of the molecule is COc1ccccc1NS(=O)(=O)c1ccc(Cl)c(NS(=O)(=O)c2ccc3ccccc3c2)c1. The second-order valence-corrected chi connectivity index (χ2v) is 10.8. The fraction of sp³-hybridized carbons (Fsp3) is 0.0435. The summed E-state index contributed by atoms with van der Waals surface area (Å²) in [5.41, 5.74) is 0.181. The number of anilines is 2. The summed E-state index contributed by atoms with van der Waals surface area (Å²) in [5, 5.41) is 1.70. The van der Waals surface area contributed by atoms with E-state index >= 15 is 0 Å². The van der Waals surface area contributed by atoms with E-state index in [1.807, 2.05) is 18.2 Å². The zero-order chi connectivity index (χ0) is 23.6. The first kappa shape index (κ1) is 22.9. The molecule has 4 aromatic carbocycles. The fourth-order valence-electron chi connectivity index (χ4n) is 3.22. The number of rotatable bonds is 7. The molecule has 7 nitrogen and oxygen atoms in total. The van der Waals surface area contributed by atoms with Crippen LogP contribution in [0.2, 0.25) is 5.02 Å². The molecule has 0 radical (unpaired) electrons. The lowest BCUT2D eigenvalue weighted by molar-refractivity contribution is 0.417. The fourth-order valence-corrected chi connectivity index (χ4v) is 5.64. The van der Waals surface area contributed by atoms with E-state index in [2.05, 4.69) is 9.44 Å². The van der Waals surface area contributed by atoms with Crippen molar-refractivity contribution in [1.82, 2.24) is 0 Å². The Kier molecular flexibility index (Phi) is 6.20. The molecule has 0 spiro atoms. The Hall–Kier alpha value is -3.27. The van der Waals surface area contributed by atoms with Crippen molar-refractivity contribution < 1.29 is 21.6 Å². The van der Waals surface area contributed by atoms with Crippen molar-refractivity contribution in [2.24, 2.45) is 0 Å². The maximum absolute atomic E-state index is 13.0. The van der Waals surface area contributed by atoms with Gasteiger partial charge in [0.2, 0.25) is 0 Å². The molecule has 0 heterocycles. The normalized spacial score (nSPS) is 11.8. The van der Waals surface area contributed by atoms with Gasteiger partial charge in [0, 0.05) is 0 Å². The van der Waals surface area contributed by atoms with Gasteiger partial charge in [0.25, 0.3) is 20.0 Å². The number of ether oxygens (including phenoxy) is 1. The number of halogens is 1. The Morgan fingerprint density at radius 1 is 0.667 bits per heavy atom. The van der Waals surface area contributed by atoms with Gasteiger partial charge in [-0.2, -0.15) is 0 Å². The molecule has 4 aromatic rings. The minimum atomic E-state index is -4.06. The lowest BCUT2D eigenvalue weighted by Crippen LogP contribution is -2.16. The van der Waals surface area contributed by atoms with E-state index in [1.165, 1.54) is 37.4 Å². The average Bonchev–Trinajstić information content (AvgIpc) is 2.80. The first-order valence-electron chi connectivity index (χ1n) is 9.67. The van der Waals surface area contributed by atoms with Crippen LogP contribution in [0, 0.1) is 0 Å². The Bertz CT molecular complexity index is 1550. The molecule has 0 amide bonds. The van der Waals surface area contributed by atoms with Gasteiger partial charge in [-0.3, -0.25) is 9.44 Å². The van der Waals surface area contributed by atoms with E-state index in [-0.39, 0.29) is 26.2 Å². The molecule has 0 aliphatic heterocycles. The molecule has 0 fully saturated rings. The van der Waals surface area contributed by atoms with Crippen LogP contribution < -0.4 is 14.2 Å². The van der Waals surface area contributed by atoms with Crippen LogP contribution in [0.15, 0.2) is 94.7 Å². The number of methoxy groups -OCH3 is 1. The molecule has 0 saturated heterocycles. The van der Waals surface area contributed by atoms with Crippen molar-refractivity contribution >= 4 is 53.8 Å². The van der Waals surface area contributed by atoms with Crippen LogP contribution in [0.25, 0.3) is 10.8 Å². The standard InChI is InChI=1S/C23H19ClN2O5S2/c1-31-23-9-5-4-8-21(23)25-33(29,30)19-12-13-20(24)22(15-19)26-32(27,28)18-11-10-16-6-2-3-7-17(16)14-18/h2-15,25-26H,1H3. The summed E-state index contributed by atoms with van der Waals surface area (Å²) >= 11 is 6.18. The van der Waals surface area contributed by atoms with Gasteiger partial charge in [0.15, 0.2) is 0 Å². The zero-order valence-corrected chi connectivity index (χ0v) is 19.7. The summed E-state index contributed by atoms with van der Waals surface area (Å²) in [6.07, 6.45) is 0. The number of benzene rings is 4. The van der Waals surface area contributed by atoms with Gasteiger partial charge in [0.1, 0.15) is 5.75 Å². The van der Waals surface area contributed by atoms with E-state index in [9.17, 15) is 16.8 Å². The van der Waals surface area contributed by atoms with Gasteiger partial charge >= 0.3 is 0 Å². The average molecular weight is 503 g/mol. The largest absolute Gasteiger partial charge is 0.495 e. The van der Waals surface area contributed by atoms with Crippen LogP contribution in [0.1, 0.15) is 0 Å². The Balaban J connectivity index is 1.66. The van der Waals surface area contributed by atoms with Crippen LogP contribution in [0.5, 0.6) is 5.75 Å². The lowest BCUT2D eigenvalue weighted by Gasteiger charge is -2.14. The topological polar surface area (TPSA) is 102 Å². The number of hydrogen-bond acceptors (Lipinski definition) is 5. The van der Waals surface area contributed by atoms with Crippen LogP contribution in [0.4, 0.5) is 11.4 Å². The number of hydrogen-bond donors (Lipinski definition) is 2. The number of sulfonamides is 2. The third-order valence-electron chi connectivity index (χ3n) is 4.87. The van der Waals surface area contributed by atoms with Gasteiger partial charge in [0.05, 0.1) is 33.3 Å². The minimum absolute atomic E-state index is 0.0256. The monoisotopic (exact) mass is 502 g/mol. The van der Waals surface area contributed by atoms with Crippen molar-refractivity contribution in [3.63, 3.8) is 0 Å². The smallest absolute Gasteiger partial charge is 0.262 e. The molecular weight excluding hydrogens is 484 g/mol. The summed E-state index contributed by atoms with van der Waals surface area (Å²) in [6, 6.07) is 22.4. The quantitative estimate of drug-likeness (QED) is 0.366. The summed E-state index contributed by atoms with van der Waals surface area (Å²) in [4.78, 5) is -0.147. The molecule has 0 unspecified atom stereocenters. The van der Waals surface area contributed by atoms with E-state index < -0.39 is 20.0 Å². The number of nitrogens with one attached hydrogen (secondary N) is 2. The maximum atomic E-state index is 13.0. The van der Waals surface area contributed by atoms with Gasteiger partial charge in [-0.15, -0.1) is 0 Å². The molecule has 4 rings (SSSR count). The van der Waals surface area contributed by atoms with Crippen molar-refractivity contribution in [3.05, 3.63) is 90.0 Å². The summed E-state index contributed by atoms with van der Waals surface area (Å²) < 4.78 is 61.8. The van der Waals surface area contributed by atoms with Crippen LogP contribution in [-0.4, -0.2) is 23.9 Å². The van der Waals surface area contributed by atoms with E-state index in [1.54, 1.807) is 36.4 Å². The highest BCUT2D eigenvalue weighted by atomic mass is 35.5. The lowest BCUT2D eigenvalue weighted by atomic mass is 10.1. The molecule has 0 aliphatic carbocycles. The molecule has 10 heteroatoms. The maximum Gasteiger partial charge on any atom is 0.262 e. The first-order chi connectivity index (χ1) is 15.7. The van der Waals surface area contributed by atoms with Crippen LogP contribution >= 0.6 is 11.6 Å². The van der Waals surface area contributed by atoms with Gasteiger partial charge in [-0.25, -0.2) is 16.8 Å². The molecule has 2 N–H and O–H groups in total. The summed E-state index contributed by atoms with van der Waals surface area (Å²) in [7, 11) is -6.66. The molecule has 0 atom stereocenters. The Morgan fingerprint density at radius 2 is 1.24 bits per heavy atom. The molecule has 170 valence electrons. The van der Waals surface area contributed by atoms with E-state index in [4.69, 9.17) is 16.3 Å². The summed E-state index contributed by atoms with van der Waals surface area (Å²) in [6.45, 7) is 0. The van der Waals surface area contributed by atoms with Crippen molar-refractivity contribution in [2.45, 2.75) is 9.79 Å². The Labute approximate surface area is 197 Å². The highest BCUT2D eigenvalue weighted by molar-refractivity contribution is 7.93. The Morgan fingerprint density at radius 3 is 1.97 bits per heavy atom. The molecule has 0 saturated carbocycles. The van der Waals surface area contributed by atoms with Crippen LogP contribution in [-0.2, 0) is 20.0 Å². The van der Waals surface area contributed by atoms with Crippen LogP contribution in [0.3, 0.4) is 0 Å². The second-order valence-electron chi connectivity index (χ2n) is 7.06. The second kappa shape index (κ2) is 8.93. The van der Waals surface area contributed by atoms with E-state index in [0.29, 0.717) is 5.75 Å². The van der Waals surface area contributed by atoms with Gasteiger partial charge < -0.3 is 4.74 Å². The molecule has 0 bridgehead atoms. The number of para-hydroxylation sites is 2. The highest BCUT2D eigenvalue weighted by Crippen LogP contribution is 2.31. The van der Waals surface area contributed by atoms with Crippen molar-refractivity contribution in [1.29, 1.82) is 0 Å². The van der Waals surface area contributed by atoms with E-state index in [0.717, 1.165) is 10.8 Å². The molecule has 33 heavy (non-hydrogen) atoms. The third kappa shape index (κ3) is 4.90. The molecule has 0 aliphatic rings. The molecular formula is C23H19ClN2O5S2. The highest BCUT2D eigenvalue weighted by Gasteiger charge is 2.21. The number of fused-ring (bicyclic) bond motifs is 1. The summed E-state index contributed by atoms with van der Waals surface area (Å²) in [5.74, 6) is 0.340. The van der Waals surface area contributed by atoms with Gasteiger partial charge in [-0.05, 0) is 53.2 Å². The zero-order valence-electron chi connectivity index (χ0n) is 17.3. The van der Waals surface area contributed by atoms with Crippen molar-refractivity contribution in [2.75, 3.05) is 16.6 Å².